The molecule has 0 saturated carbocycles. The summed E-state index contributed by atoms with van der Waals surface area (Å²) in [6.07, 6.45) is -0.668. The van der Waals surface area contributed by atoms with Crippen molar-refractivity contribution < 1.29 is 23.8 Å². The van der Waals surface area contributed by atoms with E-state index >= 15 is 0 Å². The number of ether oxygens (including phenoxy) is 3. The summed E-state index contributed by atoms with van der Waals surface area (Å²) in [6, 6.07) is 7.19. The zero-order chi connectivity index (χ0) is 19.1. The summed E-state index contributed by atoms with van der Waals surface area (Å²) in [5.74, 6) is 0.595. The SMILES string of the molecule is COC(=O)[C@](C)(CSC(C)(C)C)NC(=O)OCc1ccc(OC)cc1. The predicted molar refractivity (Wildman–Crippen MR) is 98.9 cm³/mol. The van der Waals surface area contributed by atoms with Gasteiger partial charge in [-0.1, -0.05) is 32.9 Å². The molecule has 0 heterocycles. The molecule has 0 aliphatic rings. The van der Waals surface area contributed by atoms with Crippen LogP contribution in [-0.2, 0) is 20.9 Å². The third-order valence-corrected chi connectivity index (χ3v) is 4.92. The first-order valence-corrected chi connectivity index (χ1v) is 8.88. The molecule has 0 fully saturated rings. The van der Waals surface area contributed by atoms with E-state index in [1.807, 2.05) is 20.8 Å². The Morgan fingerprint density at radius 3 is 2.16 bits per heavy atom. The molecule has 0 spiro atoms. The minimum Gasteiger partial charge on any atom is -0.497 e. The highest BCUT2D eigenvalue weighted by Crippen LogP contribution is 2.27. The van der Waals surface area contributed by atoms with Crippen LogP contribution in [0.2, 0.25) is 0 Å². The smallest absolute Gasteiger partial charge is 0.408 e. The molecule has 1 N–H and O–H groups in total. The molecule has 0 aliphatic carbocycles. The number of benzene rings is 1. The monoisotopic (exact) mass is 369 g/mol. The van der Waals surface area contributed by atoms with E-state index in [9.17, 15) is 9.59 Å². The second-order valence-corrected chi connectivity index (χ2v) is 8.58. The quantitative estimate of drug-likeness (QED) is 0.743. The maximum absolute atomic E-state index is 12.1. The van der Waals surface area contributed by atoms with Crippen LogP contribution in [0, 0.1) is 0 Å². The number of carbonyl (C=O) groups excluding carboxylic acids is 2. The molecule has 0 saturated heterocycles. The number of esters is 1. The van der Waals surface area contributed by atoms with Gasteiger partial charge in [-0.2, -0.15) is 11.8 Å². The second kappa shape index (κ2) is 8.99. The molecular weight excluding hydrogens is 342 g/mol. The summed E-state index contributed by atoms with van der Waals surface area (Å²) in [4.78, 5) is 24.2. The molecule has 0 radical (unpaired) electrons. The third kappa shape index (κ3) is 7.25. The first-order chi connectivity index (χ1) is 11.6. The first-order valence-electron chi connectivity index (χ1n) is 7.90. The molecule has 6 nitrogen and oxygen atoms in total. The number of thioether (sulfide) groups is 1. The average Bonchev–Trinajstić information content (AvgIpc) is 2.57. The fourth-order valence-corrected chi connectivity index (χ4v) is 2.78. The van der Waals surface area contributed by atoms with Crippen molar-refractivity contribution >= 4 is 23.8 Å². The van der Waals surface area contributed by atoms with Crippen molar-refractivity contribution in [1.29, 1.82) is 0 Å². The number of amides is 1. The van der Waals surface area contributed by atoms with E-state index in [-0.39, 0.29) is 11.4 Å². The minimum atomic E-state index is -1.16. The number of nitrogens with one attached hydrogen (secondary N) is 1. The van der Waals surface area contributed by atoms with Gasteiger partial charge in [0, 0.05) is 10.5 Å². The number of alkyl carbamates (subject to hydrolysis) is 1. The third-order valence-electron chi connectivity index (χ3n) is 3.34. The number of hydrogen-bond donors (Lipinski definition) is 1. The molecule has 0 bridgehead atoms. The topological polar surface area (TPSA) is 73.9 Å². The van der Waals surface area contributed by atoms with Gasteiger partial charge in [-0.15, -0.1) is 0 Å². The molecule has 7 heteroatoms. The van der Waals surface area contributed by atoms with E-state index in [0.717, 1.165) is 11.3 Å². The highest BCUT2D eigenvalue weighted by Gasteiger charge is 2.38. The Kier molecular flexibility index (Phi) is 7.60. The molecule has 0 aromatic heterocycles. The molecule has 1 amide bonds. The average molecular weight is 369 g/mol. The second-order valence-electron chi connectivity index (χ2n) is 6.77. The van der Waals surface area contributed by atoms with Gasteiger partial charge in [-0.05, 0) is 24.6 Å². The van der Waals surface area contributed by atoms with Gasteiger partial charge in [0.2, 0.25) is 0 Å². The Bertz CT molecular complexity index is 582. The Labute approximate surface area is 153 Å². The van der Waals surface area contributed by atoms with E-state index in [2.05, 4.69) is 5.32 Å². The van der Waals surface area contributed by atoms with Crippen LogP contribution in [0.1, 0.15) is 33.3 Å². The van der Waals surface area contributed by atoms with Gasteiger partial charge in [0.05, 0.1) is 14.2 Å². The minimum absolute atomic E-state index is 0.0516. The molecule has 0 unspecified atom stereocenters. The summed E-state index contributed by atoms with van der Waals surface area (Å²) < 4.78 is 15.1. The number of hydrogen-bond acceptors (Lipinski definition) is 6. The number of carbonyl (C=O) groups is 2. The van der Waals surface area contributed by atoms with Crippen LogP contribution in [0.25, 0.3) is 0 Å². The van der Waals surface area contributed by atoms with Crippen LogP contribution in [-0.4, -0.2) is 42.3 Å². The fraction of sp³-hybridized carbons (Fsp3) is 0.556. The number of rotatable bonds is 7. The summed E-state index contributed by atoms with van der Waals surface area (Å²) in [7, 11) is 2.88. The van der Waals surface area contributed by atoms with Crippen molar-refractivity contribution in [2.75, 3.05) is 20.0 Å². The van der Waals surface area contributed by atoms with Crippen LogP contribution >= 0.6 is 11.8 Å². The molecule has 1 atom stereocenters. The zero-order valence-electron chi connectivity index (χ0n) is 15.7. The van der Waals surface area contributed by atoms with Gasteiger partial charge in [-0.3, -0.25) is 0 Å². The lowest BCUT2D eigenvalue weighted by atomic mass is 10.1. The van der Waals surface area contributed by atoms with Crippen molar-refractivity contribution in [3.05, 3.63) is 29.8 Å². The normalized spacial score (nSPS) is 13.5. The molecule has 140 valence electrons. The van der Waals surface area contributed by atoms with E-state index in [4.69, 9.17) is 14.2 Å². The van der Waals surface area contributed by atoms with Crippen molar-refractivity contribution in [2.24, 2.45) is 0 Å². The lowest BCUT2D eigenvalue weighted by Crippen LogP contribution is -2.55. The van der Waals surface area contributed by atoms with Crippen LogP contribution in [0.15, 0.2) is 24.3 Å². The van der Waals surface area contributed by atoms with Gasteiger partial charge in [0.25, 0.3) is 0 Å². The van der Waals surface area contributed by atoms with Gasteiger partial charge >= 0.3 is 12.1 Å². The maximum Gasteiger partial charge on any atom is 0.408 e. The van der Waals surface area contributed by atoms with E-state index < -0.39 is 17.6 Å². The fourth-order valence-electron chi connectivity index (χ4n) is 1.86. The van der Waals surface area contributed by atoms with Gasteiger partial charge in [0.15, 0.2) is 0 Å². The lowest BCUT2D eigenvalue weighted by Gasteiger charge is -2.30. The Morgan fingerprint density at radius 1 is 1.08 bits per heavy atom. The van der Waals surface area contributed by atoms with Crippen molar-refractivity contribution in [3.8, 4) is 5.75 Å². The van der Waals surface area contributed by atoms with Gasteiger partial charge in [0.1, 0.15) is 17.9 Å². The Balaban J connectivity index is 2.65. The van der Waals surface area contributed by atoms with E-state index in [0.29, 0.717) is 5.75 Å². The standard InChI is InChI=1S/C18H27NO5S/c1-17(2,3)25-12-18(4,15(20)23-6)19-16(21)24-11-13-7-9-14(22-5)10-8-13/h7-10H,11-12H2,1-6H3,(H,19,21)/t18-/m0/s1. The zero-order valence-corrected chi connectivity index (χ0v) is 16.5. The van der Waals surface area contributed by atoms with Gasteiger partial charge in [-0.25, -0.2) is 9.59 Å². The van der Waals surface area contributed by atoms with E-state index in [1.54, 1.807) is 50.1 Å². The molecule has 1 rings (SSSR count). The van der Waals surface area contributed by atoms with Crippen molar-refractivity contribution in [2.45, 2.75) is 44.6 Å². The molecule has 25 heavy (non-hydrogen) atoms. The molecule has 1 aromatic rings. The lowest BCUT2D eigenvalue weighted by molar-refractivity contribution is -0.146. The van der Waals surface area contributed by atoms with Crippen LogP contribution < -0.4 is 10.1 Å². The predicted octanol–water partition coefficient (Wildman–Crippen LogP) is 3.38. The maximum atomic E-state index is 12.1. The molecule has 1 aromatic carbocycles. The van der Waals surface area contributed by atoms with E-state index in [1.165, 1.54) is 7.11 Å². The highest BCUT2D eigenvalue weighted by molar-refractivity contribution is 8.00. The van der Waals surface area contributed by atoms with Crippen molar-refractivity contribution in [3.63, 3.8) is 0 Å². The first kappa shape index (κ1) is 21.2. The van der Waals surface area contributed by atoms with Crippen LogP contribution in [0.4, 0.5) is 4.79 Å². The summed E-state index contributed by atoms with van der Waals surface area (Å²) in [5.41, 5.74) is -0.344. The molecule has 0 aliphatic heterocycles. The van der Waals surface area contributed by atoms with Gasteiger partial charge < -0.3 is 19.5 Å². The Hall–Kier alpha value is -1.89. The van der Waals surface area contributed by atoms with Crippen LogP contribution in [0.3, 0.4) is 0 Å². The van der Waals surface area contributed by atoms with Crippen LogP contribution in [0.5, 0.6) is 5.75 Å². The highest BCUT2D eigenvalue weighted by atomic mass is 32.2. The summed E-state index contributed by atoms with van der Waals surface area (Å²) in [5, 5.41) is 2.63. The van der Waals surface area contributed by atoms with Crippen molar-refractivity contribution in [1.82, 2.24) is 5.32 Å². The summed E-state index contributed by atoms with van der Waals surface area (Å²) in [6.45, 7) is 7.85. The molecular formula is C18H27NO5S. The Morgan fingerprint density at radius 2 is 1.68 bits per heavy atom. The largest absolute Gasteiger partial charge is 0.497 e. The number of methoxy groups -OCH3 is 2. The summed E-state index contributed by atoms with van der Waals surface area (Å²) >= 11 is 1.56.